The first kappa shape index (κ1) is 16.6. The summed E-state index contributed by atoms with van der Waals surface area (Å²) < 4.78 is 38.3. The molecule has 21 heavy (non-hydrogen) atoms. The predicted octanol–water partition coefficient (Wildman–Crippen LogP) is 4.00. The van der Waals surface area contributed by atoms with Crippen LogP contribution in [0.3, 0.4) is 0 Å². The first-order valence-electron chi connectivity index (χ1n) is 7.10. The van der Waals surface area contributed by atoms with E-state index >= 15 is 0 Å². The summed E-state index contributed by atoms with van der Waals surface area (Å²) in [5.74, 6) is 0.392. The Balaban J connectivity index is 1.89. The Morgan fingerprint density at radius 1 is 1.29 bits per heavy atom. The van der Waals surface area contributed by atoms with Crippen molar-refractivity contribution in [2.45, 2.75) is 44.5 Å². The Kier molecular flexibility index (Phi) is 5.52. The van der Waals surface area contributed by atoms with Crippen molar-refractivity contribution >= 4 is 11.6 Å². The van der Waals surface area contributed by atoms with Crippen molar-refractivity contribution in [2.75, 3.05) is 6.54 Å². The van der Waals surface area contributed by atoms with Crippen LogP contribution in [0.4, 0.5) is 13.2 Å². The molecule has 1 aliphatic carbocycles. The number of nitrogens with one attached hydrogen (secondary N) is 1. The van der Waals surface area contributed by atoms with Gasteiger partial charge in [-0.3, -0.25) is 0 Å². The zero-order chi connectivity index (χ0) is 15.5. The lowest BCUT2D eigenvalue weighted by Gasteiger charge is -2.26. The molecule has 2 atom stereocenters. The molecule has 0 aliphatic heterocycles. The summed E-state index contributed by atoms with van der Waals surface area (Å²) in [6.45, 7) is 1.08. The fourth-order valence-electron chi connectivity index (χ4n) is 2.77. The Hall–Kier alpha value is -0.780. The van der Waals surface area contributed by atoms with Crippen LogP contribution in [0, 0.1) is 5.92 Å². The third-order valence-corrected chi connectivity index (χ3v) is 4.18. The van der Waals surface area contributed by atoms with Crippen LogP contribution in [-0.4, -0.2) is 17.8 Å². The van der Waals surface area contributed by atoms with E-state index < -0.39 is 11.7 Å². The van der Waals surface area contributed by atoms with Crippen LogP contribution in [-0.2, 0) is 12.7 Å². The molecule has 118 valence electrons. The second-order valence-electron chi connectivity index (χ2n) is 5.63. The molecule has 1 fully saturated rings. The Morgan fingerprint density at radius 2 is 2.05 bits per heavy atom. The fourth-order valence-corrected chi connectivity index (χ4v) is 2.99. The van der Waals surface area contributed by atoms with E-state index in [9.17, 15) is 18.3 Å². The molecular formula is C15H19ClF3NO. The van der Waals surface area contributed by atoms with Gasteiger partial charge in [0.15, 0.2) is 0 Å². The number of hydrogen-bond donors (Lipinski definition) is 2. The van der Waals surface area contributed by atoms with Crippen molar-refractivity contribution < 1.29 is 18.3 Å². The van der Waals surface area contributed by atoms with Gasteiger partial charge in [-0.05, 0) is 49.4 Å². The average Bonchev–Trinajstić information content (AvgIpc) is 2.39. The SMILES string of the molecule is OC1CCCC(CNCc2ccc(Cl)c(C(F)(F)F)c2)C1. The maximum absolute atomic E-state index is 12.8. The van der Waals surface area contributed by atoms with E-state index in [4.69, 9.17) is 11.6 Å². The zero-order valence-corrected chi connectivity index (χ0v) is 12.3. The summed E-state index contributed by atoms with van der Waals surface area (Å²) in [5.41, 5.74) is -0.236. The number of hydrogen-bond acceptors (Lipinski definition) is 2. The van der Waals surface area contributed by atoms with Crippen molar-refractivity contribution in [3.63, 3.8) is 0 Å². The summed E-state index contributed by atoms with van der Waals surface area (Å²) in [6, 6.07) is 3.97. The molecule has 0 bridgehead atoms. The standard InChI is InChI=1S/C15H19ClF3NO/c16-14-5-4-11(7-13(14)15(17,18)19)9-20-8-10-2-1-3-12(21)6-10/h4-5,7,10,12,20-21H,1-3,6,8-9H2. The maximum Gasteiger partial charge on any atom is 0.417 e. The highest BCUT2D eigenvalue weighted by molar-refractivity contribution is 6.31. The predicted molar refractivity (Wildman–Crippen MR) is 76.1 cm³/mol. The zero-order valence-electron chi connectivity index (χ0n) is 11.6. The Labute approximate surface area is 127 Å². The van der Waals surface area contributed by atoms with Gasteiger partial charge in [-0.1, -0.05) is 24.1 Å². The van der Waals surface area contributed by atoms with E-state index in [0.717, 1.165) is 31.7 Å². The molecule has 0 aromatic heterocycles. The third-order valence-electron chi connectivity index (χ3n) is 3.85. The number of benzene rings is 1. The molecule has 1 aromatic rings. The quantitative estimate of drug-likeness (QED) is 0.878. The molecule has 1 saturated carbocycles. The molecule has 0 heterocycles. The highest BCUT2D eigenvalue weighted by Gasteiger charge is 2.33. The molecule has 0 saturated heterocycles. The van der Waals surface area contributed by atoms with Crippen LogP contribution in [0.2, 0.25) is 5.02 Å². The molecule has 1 aromatic carbocycles. The third kappa shape index (κ3) is 4.87. The summed E-state index contributed by atoms with van der Waals surface area (Å²) in [7, 11) is 0. The van der Waals surface area contributed by atoms with Crippen LogP contribution >= 0.6 is 11.6 Å². The molecule has 2 rings (SSSR count). The van der Waals surface area contributed by atoms with E-state index in [1.807, 2.05) is 0 Å². The molecule has 2 nitrogen and oxygen atoms in total. The summed E-state index contributed by atoms with van der Waals surface area (Å²) in [5, 5.41) is 12.5. The maximum atomic E-state index is 12.8. The molecule has 2 unspecified atom stereocenters. The van der Waals surface area contributed by atoms with Crippen LogP contribution < -0.4 is 5.32 Å². The lowest BCUT2D eigenvalue weighted by atomic mass is 9.87. The fraction of sp³-hybridized carbons (Fsp3) is 0.600. The number of aliphatic hydroxyl groups is 1. The first-order chi connectivity index (χ1) is 9.86. The second-order valence-corrected chi connectivity index (χ2v) is 6.04. The van der Waals surface area contributed by atoms with E-state index in [1.54, 1.807) is 6.07 Å². The highest BCUT2D eigenvalue weighted by Crippen LogP contribution is 2.35. The van der Waals surface area contributed by atoms with Gasteiger partial charge in [-0.25, -0.2) is 0 Å². The largest absolute Gasteiger partial charge is 0.417 e. The van der Waals surface area contributed by atoms with Gasteiger partial charge in [0.1, 0.15) is 0 Å². The smallest absolute Gasteiger partial charge is 0.393 e. The minimum Gasteiger partial charge on any atom is -0.393 e. The second kappa shape index (κ2) is 6.99. The molecule has 0 spiro atoms. The van der Waals surface area contributed by atoms with Crippen molar-refractivity contribution in [2.24, 2.45) is 5.92 Å². The highest BCUT2D eigenvalue weighted by atomic mass is 35.5. The number of alkyl halides is 3. The summed E-state index contributed by atoms with van der Waals surface area (Å²) in [4.78, 5) is 0. The molecule has 1 aliphatic rings. The van der Waals surface area contributed by atoms with Crippen LogP contribution in [0.25, 0.3) is 0 Å². The topological polar surface area (TPSA) is 32.3 Å². The van der Waals surface area contributed by atoms with Crippen LogP contribution in [0.1, 0.15) is 36.8 Å². The van der Waals surface area contributed by atoms with Crippen LogP contribution in [0.5, 0.6) is 0 Å². The van der Waals surface area contributed by atoms with Gasteiger partial charge in [0.2, 0.25) is 0 Å². The summed E-state index contributed by atoms with van der Waals surface area (Å²) in [6.07, 6.45) is -0.992. The lowest BCUT2D eigenvalue weighted by molar-refractivity contribution is -0.137. The van der Waals surface area contributed by atoms with E-state index in [2.05, 4.69) is 5.32 Å². The van der Waals surface area contributed by atoms with Crippen molar-refractivity contribution in [1.82, 2.24) is 5.32 Å². The first-order valence-corrected chi connectivity index (χ1v) is 7.48. The van der Waals surface area contributed by atoms with E-state index in [-0.39, 0.29) is 11.1 Å². The Morgan fingerprint density at radius 3 is 2.71 bits per heavy atom. The van der Waals surface area contributed by atoms with Gasteiger partial charge >= 0.3 is 6.18 Å². The van der Waals surface area contributed by atoms with Crippen LogP contribution in [0.15, 0.2) is 18.2 Å². The molecule has 0 amide bonds. The van der Waals surface area contributed by atoms with Gasteiger partial charge in [0.25, 0.3) is 0 Å². The molecule has 0 radical (unpaired) electrons. The van der Waals surface area contributed by atoms with E-state index in [0.29, 0.717) is 24.6 Å². The molecule has 2 N–H and O–H groups in total. The number of rotatable bonds is 4. The lowest BCUT2D eigenvalue weighted by Crippen LogP contribution is -2.29. The average molecular weight is 322 g/mol. The summed E-state index contributed by atoms with van der Waals surface area (Å²) >= 11 is 5.58. The van der Waals surface area contributed by atoms with Gasteiger partial charge in [-0.2, -0.15) is 13.2 Å². The number of halogens is 4. The normalized spacial score (nSPS) is 23.3. The Bertz CT molecular complexity index is 478. The molecule has 6 heteroatoms. The van der Waals surface area contributed by atoms with Crippen molar-refractivity contribution in [3.05, 3.63) is 34.3 Å². The molecular weight excluding hydrogens is 303 g/mol. The van der Waals surface area contributed by atoms with Gasteiger partial charge in [0, 0.05) is 6.54 Å². The minimum atomic E-state index is -4.43. The van der Waals surface area contributed by atoms with Crippen molar-refractivity contribution in [1.29, 1.82) is 0 Å². The van der Waals surface area contributed by atoms with Gasteiger partial charge in [-0.15, -0.1) is 0 Å². The monoisotopic (exact) mass is 321 g/mol. The van der Waals surface area contributed by atoms with Gasteiger partial charge in [0.05, 0.1) is 16.7 Å². The van der Waals surface area contributed by atoms with Crippen molar-refractivity contribution in [3.8, 4) is 0 Å². The van der Waals surface area contributed by atoms with Gasteiger partial charge < -0.3 is 10.4 Å². The van der Waals surface area contributed by atoms with E-state index in [1.165, 1.54) is 6.07 Å². The number of aliphatic hydroxyl groups excluding tert-OH is 1. The minimum absolute atomic E-state index is 0.238.